The molecule has 2 aromatic carbocycles. The molecule has 3 heterocycles. The third-order valence-electron chi connectivity index (χ3n) is 7.60. The summed E-state index contributed by atoms with van der Waals surface area (Å²) >= 11 is 0. The van der Waals surface area contributed by atoms with Crippen molar-refractivity contribution in [2.75, 3.05) is 26.2 Å². The maximum atomic E-state index is 13.4. The number of pyridine rings is 1. The fourth-order valence-electron chi connectivity index (χ4n) is 5.28. The van der Waals surface area contributed by atoms with Gasteiger partial charge in [0.15, 0.2) is 11.6 Å². The molecule has 0 radical (unpaired) electrons. The van der Waals surface area contributed by atoms with Gasteiger partial charge in [0.05, 0.1) is 11.6 Å². The van der Waals surface area contributed by atoms with Crippen molar-refractivity contribution in [2.45, 2.75) is 50.9 Å². The van der Waals surface area contributed by atoms with Gasteiger partial charge in [0.1, 0.15) is 17.5 Å². The number of aromatic nitrogens is 1. The van der Waals surface area contributed by atoms with Crippen molar-refractivity contribution in [3.63, 3.8) is 0 Å². The highest BCUT2D eigenvalue weighted by atomic mass is 19.2. The van der Waals surface area contributed by atoms with Crippen LogP contribution in [0, 0.1) is 23.0 Å². The van der Waals surface area contributed by atoms with Crippen LogP contribution in [0.5, 0.6) is 5.75 Å². The van der Waals surface area contributed by atoms with E-state index in [4.69, 9.17) is 10.00 Å². The van der Waals surface area contributed by atoms with Crippen LogP contribution in [0.4, 0.5) is 8.78 Å². The lowest BCUT2D eigenvalue weighted by molar-refractivity contribution is 0.0902. The van der Waals surface area contributed by atoms with E-state index in [1.807, 2.05) is 30.3 Å². The fraction of sp³-hybridized carbons (Fsp3) is 0.387. The van der Waals surface area contributed by atoms with Crippen LogP contribution in [0.15, 0.2) is 60.8 Å². The molecule has 3 aromatic rings. The second-order valence-electron chi connectivity index (χ2n) is 10.6. The van der Waals surface area contributed by atoms with Crippen LogP contribution >= 0.6 is 0 Å². The Kier molecular flexibility index (Phi) is 8.99. The maximum Gasteiger partial charge on any atom is 0.270 e. The first kappa shape index (κ1) is 27.7. The number of rotatable bonds is 8. The highest BCUT2D eigenvalue weighted by Crippen LogP contribution is 2.22. The number of benzene rings is 2. The Morgan fingerprint density at radius 3 is 2.17 bits per heavy atom. The number of hydrogen-bond acceptors (Lipinski definition) is 6. The van der Waals surface area contributed by atoms with Crippen molar-refractivity contribution in [2.24, 2.45) is 0 Å². The van der Waals surface area contributed by atoms with Gasteiger partial charge in [0.25, 0.3) is 5.91 Å². The lowest BCUT2D eigenvalue weighted by Crippen LogP contribution is -2.44. The highest BCUT2D eigenvalue weighted by Gasteiger charge is 2.23. The van der Waals surface area contributed by atoms with Gasteiger partial charge in [0.2, 0.25) is 0 Å². The summed E-state index contributed by atoms with van der Waals surface area (Å²) in [6.07, 6.45) is 5.08. The number of halogens is 2. The summed E-state index contributed by atoms with van der Waals surface area (Å²) in [5.41, 5.74) is 3.31. The first-order valence-electron chi connectivity index (χ1n) is 13.8. The third kappa shape index (κ3) is 7.40. The van der Waals surface area contributed by atoms with Crippen molar-refractivity contribution in [3.8, 4) is 11.8 Å². The van der Waals surface area contributed by atoms with E-state index in [0.29, 0.717) is 17.0 Å². The topological polar surface area (TPSA) is 81.5 Å². The average Bonchev–Trinajstić information content (AvgIpc) is 2.98. The van der Waals surface area contributed by atoms with E-state index in [0.717, 1.165) is 82.6 Å². The molecule has 0 unspecified atom stereocenters. The molecule has 7 nitrogen and oxygen atoms in total. The Morgan fingerprint density at radius 2 is 1.55 bits per heavy atom. The van der Waals surface area contributed by atoms with E-state index in [9.17, 15) is 13.6 Å². The van der Waals surface area contributed by atoms with Gasteiger partial charge in [-0.25, -0.2) is 8.78 Å². The smallest absolute Gasteiger partial charge is 0.270 e. The number of carbonyl (C=O) groups excluding carboxylic acids is 1. The Balaban J connectivity index is 1.02. The molecule has 5 rings (SSSR count). The SMILES string of the molecule is N#Cc1ccc(CN2CCC(NC(=O)c3ccc(CN4CCC(Oc5ccc(F)c(F)c5)CC4)cn3)CC2)cc1. The van der Waals surface area contributed by atoms with Gasteiger partial charge in [-0.15, -0.1) is 0 Å². The minimum atomic E-state index is -0.902. The maximum absolute atomic E-state index is 13.4. The molecule has 9 heteroatoms. The summed E-state index contributed by atoms with van der Waals surface area (Å²) in [6.45, 7) is 5.01. The van der Waals surface area contributed by atoms with E-state index in [1.54, 1.807) is 12.3 Å². The van der Waals surface area contributed by atoms with Gasteiger partial charge >= 0.3 is 0 Å². The summed E-state index contributed by atoms with van der Waals surface area (Å²) in [5, 5.41) is 12.1. The highest BCUT2D eigenvalue weighted by molar-refractivity contribution is 5.92. The van der Waals surface area contributed by atoms with Crippen LogP contribution in [0.2, 0.25) is 0 Å². The number of ether oxygens (including phenoxy) is 1. The Bertz CT molecular complexity index is 1330. The van der Waals surface area contributed by atoms with Crippen LogP contribution in [0.1, 0.15) is 52.9 Å². The molecule has 40 heavy (non-hydrogen) atoms. The number of amides is 1. The number of nitrogens with zero attached hydrogens (tertiary/aromatic N) is 4. The Morgan fingerprint density at radius 1 is 0.900 bits per heavy atom. The third-order valence-corrected chi connectivity index (χ3v) is 7.60. The largest absolute Gasteiger partial charge is 0.490 e. The molecule has 0 saturated carbocycles. The van der Waals surface area contributed by atoms with E-state index in [1.165, 1.54) is 11.6 Å². The molecule has 1 N–H and O–H groups in total. The van der Waals surface area contributed by atoms with E-state index >= 15 is 0 Å². The lowest BCUT2D eigenvalue weighted by atomic mass is 10.0. The van der Waals surface area contributed by atoms with Gasteiger partial charge in [-0.2, -0.15) is 5.26 Å². The molecule has 2 aliphatic rings. The average molecular weight is 546 g/mol. The molecular formula is C31H33F2N5O2. The van der Waals surface area contributed by atoms with Crippen LogP contribution in [-0.2, 0) is 13.1 Å². The summed E-state index contributed by atoms with van der Waals surface area (Å²) < 4.78 is 32.4. The molecule has 208 valence electrons. The van der Waals surface area contributed by atoms with Gasteiger partial charge in [0, 0.05) is 57.6 Å². The quantitative estimate of drug-likeness (QED) is 0.443. The Hall–Kier alpha value is -3.87. The second-order valence-corrected chi connectivity index (χ2v) is 10.6. The molecule has 1 aromatic heterocycles. The molecule has 0 bridgehead atoms. The molecule has 0 atom stereocenters. The second kappa shape index (κ2) is 13.0. The van der Waals surface area contributed by atoms with Crippen LogP contribution < -0.4 is 10.1 Å². The van der Waals surface area contributed by atoms with E-state index in [2.05, 4.69) is 26.2 Å². The predicted octanol–water partition coefficient (Wildman–Crippen LogP) is 4.67. The monoisotopic (exact) mass is 545 g/mol. The molecule has 1 amide bonds. The van der Waals surface area contributed by atoms with Crippen LogP contribution in [0.3, 0.4) is 0 Å². The van der Waals surface area contributed by atoms with Crippen molar-refractivity contribution >= 4 is 5.91 Å². The lowest BCUT2D eigenvalue weighted by Gasteiger charge is -2.32. The van der Waals surface area contributed by atoms with E-state index < -0.39 is 11.6 Å². The van der Waals surface area contributed by atoms with Gasteiger partial charge in [-0.1, -0.05) is 18.2 Å². The Labute approximate surface area is 233 Å². The minimum absolute atomic E-state index is 0.0341. The minimum Gasteiger partial charge on any atom is -0.490 e. The first-order chi connectivity index (χ1) is 19.4. The molecule has 0 aliphatic carbocycles. The zero-order chi connectivity index (χ0) is 27.9. The van der Waals surface area contributed by atoms with Gasteiger partial charge < -0.3 is 10.1 Å². The molecular weight excluding hydrogens is 512 g/mol. The summed E-state index contributed by atoms with van der Waals surface area (Å²) in [5.74, 6) is -1.57. The van der Waals surface area contributed by atoms with Crippen molar-refractivity contribution in [1.29, 1.82) is 5.26 Å². The first-order valence-corrected chi connectivity index (χ1v) is 13.8. The number of carbonyl (C=O) groups is 1. The number of nitrogens with one attached hydrogen (secondary N) is 1. The number of piperidine rings is 2. The fourth-order valence-corrected chi connectivity index (χ4v) is 5.28. The van der Waals surface area contributed by atoms with E-state index in [-0.39, 0.29) is 18.1 Å². The zero-order valence-electron chi connectivity index (χ0n) is 22.4. The van der Waals surface area contributed by atoms with Crippen molar-refractivity contribution in [3.05, 3.63) is 94.8 Å². The number of likely N-dealkylation sites (tertiary alicyclic amines) is 2. The van der Waals surface area contributed by atoms with Gasteiger partial charge in [-0.05, 0) is 67.1 Å². The molecule has 2 fully saturated rings. The number of hydrogen-bond donors (Lipinski definition) is 1. The number of nitriles is 1. The van der Waals surface area contributed by atoms with Crippen LogP contribution in [-0.4, -0.2) is 59.0 Å². The standard InChI is InChI=1S/C31H33F2N5O2/c32-28-7-6-27(17-29(28)33)40-26-11-15-38(16-12-26)21-24-5-8-30(35-19-24)31(39)36-25-9-13-37(14-10-25)20-23-3-1-22(18-34)2-4-23/h1-8,17,19,25-26H,9-16,20-21H2,(H,36,39). The molecule has 2 saturated heterocycles. The predicted molar refractivity (Wildman–Crippen MR) is 146 cm³/mol. The summed E-state index contributed by atoms with van der Waals surface area (Å²) in [6, 6.07) is 17.3. The van der Waals surface area contributed by atoms with Crippen molar-refractivity contribution in [1.82, 2.24) is 20.1 Å². The van der Waals surface area contributed by atoms with Gasteiger partial charge in [-0.3, -0.25) is 19.6 Å². The zero-order valence-corrected chi connectivity index (χ0v) is 22.4. The van der Waals surface area contributed by atoms with Crippen molar-refractivity contribution < 1.29 is 18.3 Å². The molecule has 0 spiro atoms. The summed E-state index contributed by atoms with van der Waals surface area (Å²) in [4.78, 5) is 21.9. The molecule has 2 aliphatic heterocycles. The normalized spacial score (nSPS) is 17.3. The van der Waals surface area contributed by atoms with Crippen LogP contribution in [0.25, 0.3) is 0 Å². The summed E-state index contributed by atoms with van der Waals surface area (Å²) in [7, 11) is 0.